The van der Waals surface area contributed by atoms with E-state index in [0.717, 1.165) is 25.9 Å². The van der Waals surface area contributed by atoms with Crippen molar-refractivity contribution in [2.24, 2.45) is 0 Å². The van der Waals surface area contributed by atoms with Crippen LogP contribution in [0.15, 0.2) is 18.2 Å². The lowest BCUT2D eigenvalue weighted by atomic mass is 10.1. The van der Waals surface area contributed by atoms with Crippen molar-refractivity contribution in [3.05, 3.63) is 28.8 Å². The molecule has 2 amide bonds. The summed E-state index contributed by atoms with van der Waals surface area (Å²) < 4.78 is 0. The number of carbonyl (C=O) groups excluding carboxylic acids is 2. The van der Waals surface area contributed by atoms with Gasteiger partial charge in [-0.25, -0.2) is 0 Å². The minimum absolute atomic E-state index is 0.0137. The minimum atomic E-state index is -0.543. The number of carbonyl (C=O) groups is 2. The number of benzene rings is 1. The first-order chi connectivity index (χ1) is 12.5. The van der Waals surface area contributed by atoms with Gasteiger partial charge in [0, 0.05) is 24.5 Å². The lowest BCUT2D eigenvalue weighted by Crippen LogP contribution is -2.46. The second-order valence-electron chi connectivity index (χ2n) is 7.03. The molecule has 0 aliphatic carbocycles. The van der Waals surface area contributed by atoms with Gasteiger partial charge >= 0.3 is 0 Å². The van der Waals surface area contributed by atoms with Gasteiger partial charge in [-0.2, -0.15) is 0 Å². The quantitative estimate of drug-likeness (QED) is 0.842. The van der Waals surface area contributed by atoms with Crippen LogP contribution in [-0.4, -0.2) is 65.0 Å². The second kappa shape index (κ2) is 8.37. The number of anilines is 1. The molecule has 3 rings (SSSR count). The van der Waals surface area contributed by atoms with Gasteiger partial charge in [0.05, 0.1) is 23.4 Å². The Bertz CT molecular complexity index is 676. The molecule has 2 heterocycles. The van der Waals surface area contributed by atoms with Crippen molar-refractivity contribution < 1.29 is 14.7 Å². The fraction of sp³-hybridized carbons (Fsp3) is 0.579. The fourth-order valence-corrected chi connectivity index (χ4v) is 3.93. The number of nitrogens with one attached hydrogen (secondary N) is 1. The molecule has 0 bridgehead atoms. The third-order valence-electron chi connectivity index (χ3n) is 5.21. The summed E-state index contributed by atoms with van der Waals surface area (Å²) in [7, 11) is 0. The van der Waals surface area contributed by atoms with Crippen LogP contribution in [0.3, 0.4) is 0 Å². The van der Waals surface area contributed by atoms with Crippen molar-refractivity contribution in [3.8, 4) is 0 Å². The largest absolute Gasteiger partial charge is 0.390 e. The Morgan fingerprint density at radius 3 is 2.65 bits per heavy atom. The van der Waals surface area contributed by atoms with E-state index >= 15 is 0 Å². The molecule has 26 heavy (non-hydrogen) atoms. The molecule has 2 saturated heterocycles. The number of hydrogen-bond acceptors (Lipinski definition) is 4. The van der Waals surface area contributed by atoms with E-state index < -0.39 is 6.10 Å². The number of hydrogen-bond donors (Lipinski definition) is 2. The molecule has 6 nitrogen and oxygen atoms in total. The zero-order valence-electron chi connectivity index (χ0n) is 15.1. The third kappa shape index (κ3) is 4.19. The molecule has 0 saturated carbocycles. The summed E-state index contributed by atoms with van der Waals surface area (Å²) in [5.41, 5.74) is 0.827. The van der Waals surface area contributed by atoms with Crippen LogP contribution in [0.4, 0.5) is 5.69 Å². The summed E-state index contributed by atoms with van der Waals surface area (Å²) in [6.07, 6.45) is 3.29. The molecule has 0 aromatic heterocycles. The molecule has 2 N–H and O–H groups in total. The molecule has 2 aliphatic heterocycles. The molecular weight excluding hydrogens is 354 g/mol. The number of amides is 2. The van der Waals surface area contributed by atoms with Crippen molar-refractivity contribution in [1.29, 1.82) is 0 Å². The number of piperidine rings is 1. The van der Waals surface area contributed by atoms with Gasteiger partial charge in [-0.1, -0.05) is 24.9 Å². The summed E-state index contributed by atoms with van der Waals surface area (Å²) >= 11 is 6.03. The van der Waals surface area contributed by atoms with Crippen LogP contribution in [0, 0.1) is 0 Å². The maximum absolute atomic E-state index is 13.0. The monoisotopic (exact) mass is 379 g/mol. The van der Waals surface area contributed by atoms with E-state index in [1.807, 2.05) is 0 Å². The van der Waals surface area contributed by atoms with Crippen molar-refractivity contribution in [3.63, 3.8) is 0 Å². The first-order valence-electron chi connectivity index (χ1n) is 9.30. The molecule has 2 fully saturated rings. The summed E-state index contributed by atoms with van der Waals surface area (Å²) in [6, 6.07) is 4.86. The van der Waals surface area contributed by atoms with Gasteiger partial charge < -0.3 is 15.3 Å². The van der Waals surface area contributed by atoms with E-state index in [1.165, 1.54) is 6.42 Å². The van der Waals surface area contributed by atoms with E-state index in [1.54, 1.807) is 30.0 Å². The number of likely N-dealkylation sites (tertiary alicyclic amines) is 2. The van der Waals surface area contributed by atoms with Crippen LogP contribution < -0.4 is 5.32 Å². The molecule has 2 aliphatic rings. The first-order valence-corrected chi connectivity index (χ1v) is 9.68. The molecule has 1 aromatic rings. The van der Waals surface area contributed by atoms with E-state index in [-0.39, 0.29) is 17.9 Å². The third-order valence-corrected chi connectivity index (χ3v) is 5.45. The molecule has 0 radical (unpaired) electrons. The average Bonchev–Trinajstić information content (AvgIpc) is 3.03. The van der Waals surface area contributed by atoms with Crippen molar-refractivity contribution in [1.82, 2.24) is 9.80 Å². The standard InChI is InChI=1S/C19H26ClN3O3/c1-2-18(25)21-15-10-13(20)6-7-14(15)19(26)23-11-16(17(24)12-23)22-8-4-3-5-9-22/h6-7,10,16-17,24H,2-5,8-9,11-12H2,1H3,(H,21,25)/t16-,17-/m0/s1. The van der Waals surface area contributed by atoms with Gasteiger partial charge in [0.2, 0.25) is 5.91 Å². The van der Waals surface area contributed by atoms with Crippen LogP contribution >= 0.6 is 11.6 Å². The number of nitrogens with zero attached hydrogens (tertiary/aromatic N) is 2. The highest BCUT2D eigenvalue weighted by molar-refractivity contribution is 6.31. The molecule has 7 heteroatoms. The van der Waals surface area contributed by atoms with E-state index in [9.17, 15) is 14.7 Å². The predicted octanol–water partition coefficient (Wildman–Crippen LogP) is 2.36. The first kappa shape index (κ1) is 19.1. The van der Waals surface area contributed by atoms with Crippen LogP contribution in [-0.2, 0) is 4.79 Å². The molecule has 0 spiro atoms. The highest BCUT2D eigenvalue weighted by atomic mass is 35.5. The Balaban J connectivity index is 1.76. The highest BCUT2D eigenvalue weighted by Gasteiger charge is 2.38. The highest BCUT2D eigenvalue weighted by Crippen LogP contribution is 2.26. The smallest absolute Gasteiger partial charge is 0.256 e. The molecule has 2 atom stereocenters. The Kier molecular flexibility index (Phi) is 6.16. The second-order valence-corrected chi connectivity index (χ2v) is 7.47. The molecular formula is C19H26ClN3O3. The molecule has 142 valence electrons. The predicted molar refractivity (Wildman–Crippen MR) is 101 cm³/mol. The van der Waals surface area contributed by atoms with Gasteiger partial charge in [0.1, 0.15) is 0 Å². The lowest BCUT2D eigenvalue weighted by molar-refractivity contribution is -0.115. The Morgan fingerprint density at radius 2 is 1.96 bits per heavy atom. The van der Waals surface area contributed by atoms with Crippen LogP contribution in [0.1, 0.15) is 43.0 Å². The van der Waals surface area contributed by atoms with Crippen LogP contribution in [0.5, 0.6) is 0 Å². The summed E-state index contributed by atoms with van der Waals surface area (Å²) in [5, 5.41) is 13.7. The van der Waals surface area contributed by atoms with Gasteiger partial charge in [0.15, 0.2) is 0 Å². The molecule has 0 unspecified atom stereocenters. The van der Waals surface area contributed by atoms with E-state index in [0.29, 0.717) is 35.8 Å². The average molecular weight is 380 g/mol. The summed E-state index contributed by atoms with van der Waals surface area (Å²) in [5.74, 6) is -0.361. The van der Waals surface area contributed by atoms with Gasteiger partial charge in [-0.3, -0.25) is 14.5 Å². The Morgan fingerprint density at radius 1 is 1.23 bits per heavy atom. The Hall–Kier alpha value is -1.63. The van der Waals surface area contributed by atoms with Crippen LogP contribution in [0.25, 0.3) is 0 Å². The molecule has 1 aromatic carbocycles. The Labute approximate surface area is 159 Å². The van der Waals surface area contributed by atoms with Crippen molar-refractivity contribution in [2.75, 3.05) is 31.5 Å². The summed E-state index contributed by atoms with van der Waals surface area (Å²) in [6.45, 7) is 4.51. The zero-order chi connectivity index (χ0) is 18.7. The number of rotatable bonds is 4. The minimum Gasteiger partial charge on any atom is -0.390 e. The SMILES string of the molecule is CCC(=O)Nc1cc(Cl)ccc1C(=O)N1C[C@H](O)[C@@H](N2CCCCC2)C1. The van der Waals surface area contributed by atoms with Crippen molar-refractivity contribution in [2.45, 2.75) is 44.8 Å². The normalized spacial score (nSPS) is 23.9. The maximum atomic E-state index is 13.0. The zero-order valence-corrected chi connectivity index (χ0v) is 15.8. The lowest BCUT2D eigenvalue weighted by Gasteiger charge is -2.33. The summed E-state index contributed by atoms with van der Waals surface area (Å²) in [4.78, 5) is 28.8. The van der Waals surface area contributed by atoms with Gasteiger partial charge in [-0.15, -0.1) is 0 Å². The van der Waals surface area contributed by atoms with E-state index in [2.05, 4.69) is 10.2 Å². The van der Waals surface area contributed by atoms with Crippen LogP contribution in [0.2, 0.25) is 5.02 Å². The van der Waals surface area contributed by atoms with Gasteiger partial charge in [-0.05, 0) is 44.1 Å². The number of aliphatic hydroxyl groups excluding tert-OH is 1. The number of halogens is 1. The fourth-order valence-electron chi connectivity index (χ4n) is 3.76. The topological polar surface area (TPSA) is 72.9 Å². The van der Waals surface area contributed by atoms with Gasteiger partial charge in [0.25, 0.3) is 5.91 Å². The maximum Gasteiger partial charge on any atom is 0.256 e. The number of aliphatic hydroxyl groups is 1. The number of β-amino-alcohol motifs (C(OH)–C–C–N with tert-alkyl or cyclic N) is 1. The van der Waals surface area contributed by atoms with Crippen molar-refractivity contribution >= 4 is 29.1 Å². The van der Waals surface area contributed by atoms with E-state index in [4.69, 9.17) is 11.6 Å².